The van der Waals surface area contributed by atoms with Gasteiger partial charge in [0.1, 0.15) is 14.2 Å². The third-order valence-corrected chi connectivity index (χ3v) is 3.68. The van der Waals surface area contributed by atoms with Crippen LogP contribution in [-0.4, -0.2) is 32.3 Å². The monoisotopic (exact) mass is 262 g/mol. The average molecular weight is 262 g/mol. The van der Waals surface area contributed by atoms with E-state index in [0.29, 0.717) is 13.0 Å². The zero-order chi connectivity index (χ0) is 13.2. The predicted molar refractivity (Wildman–Crippen MR) is 76.2 cm³/mol. The van der Waals surface area contributed by atoms with Crippen LogP contribution in [0.2, 0.25) is 19.6 Å². The van der Waals surface area contributed by atoms with E-state index in [-0.39, 0.29) is 0 Å². The van der Waals surface area contributed by atoms with Gasteiger partial charge in [0.2, 0.25) is 0 Å². The number of hydrogen-bond acceptors (Lipinski definition) is 2. The Morgan fingerprint density at radius 2 is 2.17 bits per heavy atom. The summed E-state index contributed by atoms with van der Waals surface area (Å²) in [5.74, 6) is 3.19. The molecule has 2 heterocycles. The number of hydrogen-bond donors (Lipinski definition) is 0. The summed E-state index contributed by atoms with van der Waals surface area (Å²) in [4.78, 5) is 6.24. The molecule has 0 radical (unpaired) electrons. The van der Waals surface area contributed by atoms with Gasteiger partial charge in [0.15, 0.2) is 0 Å². The molecule has 96 valence electrons. The van der Waals surface area contributed by atoms with Crippen molar-refractivity contribution in [2.45, 2.75) is 32.2 Å². The highest BCUT2D eigenvalue weighted by Crippen LogP contribution is 2.21. The first-order valence-corrected chi connectivity index (χ1v) is 9.81. The summed E-state index contributed by atoms with van der Waals surface area (Å²) in [5, 5.41) is 0. The molecule has 0 amide bonds. The van der Waals surface area contributed by atoms with Crippen LogP contribution < -0.4 is 4.90 Å². The lowest BCUT2D eigenvalue weighted by molar-refractivity contribution is 0.364. The lowest BCUT2D eigenvalue weighted by atomic mass is 10.2. The summed E-state index contributed by atoms with van der Waals surface area (Å²) >= 11 is 0. The van der Waals surface area contributed by atoms with E-state index in [1.165, 1.54) is 0 Å². The molecular formula is C14H19FN2Si. The number of pyridine rings is 1. The van der Waals surface area contributed by atoms with Crippen molar-refractivity contribution < 1.29 is 4.39 Å². The first-order valence-electron chi connectivity index (χ1n) is 6.31. The van der Waals surface area contributed by atoms with E-state index >= 15 is 0 Å². The van der Waals surface area contributed by atoms with Gasteiger partial charge < -0.3 is 4.90 Å². The molecule has 0 N–H and O–H groups in total. The van der Waals surface area contributed by atoms with Gasteiger partial charge >= 0.3 is 0 Å². The van der Waals surface area contributed by atoms with E-state index in [1.807, 2.05) is 11.0 Å². The van der Waals surface area contributed by atoms with Gasteiger partial charge in [-0.25, -0.2) is 4.39 Å². The van der Waals surface area contributed by atoms with E-state index in [4.69, 9.17) is 0 Å². The minimum Gasteiger partial charge on any atom is -0.367 e. The normalized spacial score (nSPS) is 19.6. The van der Waals surface area contributed by atoms with Gasteiger partial charge in [-0.1, -0.05) is 25.6 Å². The number of alkyl halides is 1. The molecule has 1 unspecified atom stereocenters. The molecule has 1 saturated heterocycles. The van der Waals surface area contributed by atoms with Crippen molar-refractivity contribution in [3.05, 3.63) is 24.0 Å². The van der Waals surface area contributed by atoms with Gasteiger partial charge in [0.25, 0.3) is 0 Å². The Labute approximate surface area is 109 Å². The second kappa shape index (κ2) is 5.11. The van der Waals surface area contributed by atoms with E-state index in [2.05, 4.69) is 36.1 Å². The first kappa shape index (κ1) is 13.1. The molecule has 1 aliphatic rings. The van der Waals surface area contributed by atoms with Crippen LogP contribution in [0.5, 0.6) is 0 Å². The van der Waals surface area contributed by atoms with Crippen molar-refractivity contribution in [3.8, 4) is 11.5 Å². The standard InChI is InChI=1S/C14H19FN2Si/c1-18(2,3)7-5-12-8-14(10-16-9-12)17-6-4-13(15)11-17/h8-10,13H,4,6,11H2,1-3H3. The molecule has 1 aliphatic heterocycles. The number of aromatic nitrogens is 1. The van der Waals surface area contributed by atoms with Crippen molar-refractivity contribution in [1.29, 1.82) is 0 Å². The Morgan fingerprint density at radius 1 is 1.39 bits per heavy atom. The summed E-state index contributed by atoms with van der Waals surface area (Å²) in [6.45, 7) is 7.89. The van der Waals surface area contributed by atoms with Gasteiger partial charge in [-0.05, 0) is 12.5 Å². The van der Waals surface area contributed by atoms with E-state index in [0.717, 1.165) is 17.8 Å². The molecule has 1 fully saturated rings. The van der Waals surface area contributed by atoms with Crippen LogP contribution in [0.3, 0.4) is 0 Å². The minimum atomic E-state index is -1.36. The number of anilines is 1. The van der Waals surface area contributed by atoms with Crippen molar-refractivity contribution in [2.75, 3.05) is 18.0 Å². The lowest BCUT2D eigenvalue weighted by Gasteiger charge is -2.16. The second-order valence-electron chi connectivity index (χ2n) is 5.76. The highest BCUT2D eigenvalue weighted by Gasteiger charge is 2.22. The SMILES string of the molecule is C[Si](C)(C)C#Cc1cncc(N2CCC(F)C2)c1. The summed E-state index contributed by atoms with van der Waals surface area (Å²) in [7, 11) is -1.36. The second-order valence-corrected chi connectivity index (χ2v) is 10.5. The van der Waals surface area contributed by atoms with Crippen LogP contribution in [0, 0.1) is 11.5 Å². The van der Waals surface area contributed by atoms with Crippen LogP contribution in [0.4, 0.5) is 10.1 Å². The summed E-state index contributed by atoms with van der Waals surface area (Å²) < 4.78 is 13.2. The number of nitrogens with zero attached hydrogens (tertiary/aromatic N) is 2. The van der Waals surface area contributed by atoms with Crippen molar-refractivity contribution in [2.24, 2.45) is 0 Å². The fraction of sp³-hybridized carbons (Fsp3) is 0.500. The third kappa shape index (κ3) is 3.57. The van der Waals surface area contributed by atoms with Crippen LogP contribution in [0.25, 0.3) is 0 Å². The molecule has 2 nitrogen and oxygen atoms in total. The maximum atomic E-state index is 13.2. The Hall–Kier alpha value is -1.34. The largest absolute Gasteiger partial charge is 0.367 e. The summed E-state index contributed by atoms with van der Waals surface area (Å²) in [6, 6.07) is 2.01. The molecule has 0 aromatic carbocycles. The number of rotatable bonds is 1. The zero-order valence-corrected chi connectivity index (χ0v) is 12.2. The molecule has 4 heteroatoms. The maximum Gasteiger partial charge on any atom is 0.129 e. The fourth-order valence-corrected chi connectivity index (χ4v) is 2.40. The molecule has 0 aliphatic carbocycles. The molecule has 1 aromatic heterocycles. The van der Waals surface area contributed by atoms with Crippen molar-refractivity contribution in [3.63, 3.8) is 0 Å². The Balaban J connectivity index is 2.17. The molecule has 0 bridgehead atoms. The smallest absolute Gasteiger partial charge is 0.129 e. The highest BCUT2D eigenvalue weighted by atomic mass is 28.3. The van der Waals surface area contributed by atoms with Gasteiger partial charge in [-0.15, -0.1) is 5.54 Å². The molecule has 2 rings (SSSR count). The molecule has 0 saturated carbocycles. The summed E-state index contributed by atoms with van der Waals surface area (Å²) in [5.41, 5.74) is 5.23. The van der Waals surface area contributed by atoms with Gasteiger partial charge in [0.05, 0.1) is 11.9 Å². The van der Waals surface area contributed by atoms with Crippen molar-refractivity contribution >= 4 is 13.8 Å². The highest BCUT2D eigenvalue weighted by molar-refractivity contribution is 6.83. The van der Waals surface area contributed by atoms with Crippen LogP contribution in [0.15, 0.2) is 18.5 Å². The van der Waals surface area contributed by atoms with E-state index in [9.17, 15) is 4.39 Å². The van der Waals surface area contributed by atoms with Crippen LogP contribution in [0.1, 0.15) is 12.0 Å². The third-order valence-electron chi connectivity index (χ3n) is 2.80. The first-order chi connectivity index (χ1) is 8.44. The lowest BCUT2D eigenvalue weighted by Crippen LogP contribution is -2.20. The zero-order valence-electron chi connectivity index (χ0n) is 11.2. The van der Waals surface area contributed by atoms with Gasteiger partial charge in [-0.2, -0.15) is 0 Å². The quantitative estimate of drug-likeness (QED) is 0.571. The minimum absolute atomic E-state index is 0.479. The Kier molecular flexibility index (Phi) is 3.72. The molecule has 0 spiro atoms. The molecule has 1 aromatic rings. The van der Waals surface area contributed by atoms with Crippen molar-refractivity contribution in [1.82, 2.24) is 4.98 Å². The Bertz CT molecular complexity index is 485. The van der Waals surface area contributed by atoms with E-state index < -0.39 is 14.2 Å². The van der Waals surface area contributed by atoms with E-state index in [1.54, 1.807) is 12.4 Å². The average Bonchev–Trinajstić information content (AvgIpc) is 2.73. The topological polar surface area (TPSA) is 16.1 Å². The van der Waals surface area contributed by atoms with Gasteiger partial charge in [-0.3, -0.25) is 4.98 Å². The molecule has 18 heavy (non-hydrogen) atoms. The fourth-order valence-electron chi connectivity index (χ4n) is 1.88. The summed E-state index contributed by atoms with van der Waals surface area (Å²) in [6.07, 6.45) is 3.48. The van der Waals surface area contributed by atoms with Crippen LogP contribution in [-0.2, 0) is 0 Å². The maximum absolute atomic E-state index is 13.2. The van der Waals surface area contributed by atoms with Gasteiger partial charge in [0, 0.05) is 24.8 Å². The number of halogens is 1. The Morgan fingerprint density at radius 3 is 2.78 bits per heavy atom. The van der Waals surface area contributed by atoms with Crippen LogP contribution >= 0.6 is 0 Å². The predicted octanol–water partition coefficient (Wildman–Crippen LogP) is 2.86. The molecule has 1 atom stereocenters. The molecular weight excluding hydrogens is 243 g/mol.